The van der Waals surface area contributed by atoms with Crippen molar-refractivity contribution in [2.75, 3.05) is 0 Å². The Kier molecular flexibility index (Phi) is 2.07. The largest absolute Gasteiger partial charge is 0.481 e. The molecule has 0 unspecified atom stereocenters. The van der Waals surface area contributed by atoms with Crippen molar-refractivity contribution >= 4 is 17.3 Å². The van der Waals surface area contributed by atoms with Crippen molar-refractivity contribution in [1.29, 1.82) is 0 Å². The average Bonchev–Trinajstić information content (AvgIpc) is 2.75. The summed E-state index contributed by atoms with van der Waals surface area (Å²) in [6, 6.07) is 0. The summed E-state index contributed by atoms with van der Waals surface area (Å²) in [6.07, 6.45) is 3.49. The van der Waals surface area contributed by atoms with Crippen LogP contribution in [0.25, 0.3) is 0 Å². The lowest BCUT2D eigenvalue weighted by Crippen LogP contribution is -2.32. The quantitative estimate of drug-likeness (QED) is 0.789. The van der Waals surface area contributed by atoms with Gasteiger partial charge in [0, 0.05) is 5.38 Å². The molecule has 1 aromatic rings. The predicted molar refractivity (Wildman–Crippen MR) is 49.9 cm³/mol. The minimum Gasteiger partial charge on any atom is -0.481 e. The van der Waals surface area contributed by atoms with Crippen LogP contribution in [0.2, 0.25) is 0 Å². The summed E-state index contributed by atoms with van der Waals surface area (Å²) >= 11 is 1.47. The number of carboxylic acids is 1. The second kappa shape index (κ2) is 3.10. The molecule has 1 N–H and O–H groups in total. The van der Waals surface area contributed by atoms with Crippen LogP contribution >= 0.6 is 11.3 Å². The van der Waals surface area contributed by atoms with Gasteiger partial charge in [-0.05, 0) is 12.8 Å². The van der Waals surface area contributed by atoms with Crippen molar-refractivity contribution in [3.8, 4) is 0 Å². The van der Waals surface area contributed by atoms with E-state index in [2.05, 4.69) is 4.98 Å². The molecule has 0 aromatic carbocycles. The van der Waals surface area contributed by atoms with Crippen molar-refractivity contribution in [3.05, 3.63) is 16.6 Å². The van der Waals surface area contributed by atoms with Crippen molar-refractivity contribution in [3.63, 3.8) is 0 Å². The molecule has 0 saturated heterocycles. The molecule has 13 heavy (non-hydrogen) atoms. The molecule has 0 amide bonds. The summed E-state index contributed by atoms with van der Waals surface area (Å²) in [7, 11) is 0. The summed E-state index contributed by atoms with van der Waals surface area (Å²) in [5.41, 5.74) is 1.79. The van der Waals surface area contributed by atoms with Crippen LogP contribution in [0.1, 0.15) is 31.4 Å². The van der Waals surface area contributed by atoms with Gasteiger partial charge in [-0.1, -0.05) is 12.8 Å². The molecule has 1 aliphatic rings. The average molecular weight is 197 g/mol. The van der Waals surface area contributed by atoms with Crippen LogP contribution in [-0.2, 0) is 10.2 Å². The molecule has 0 aliphatic heterocycles. The SMILES string of the molecule is O=C(O)C1(c2cscn2)CCCC1. The van der Waals surface area contributed by atoms with Gasteiger partial charge in [0.1, 0.15) is 5.41 Å². The van der Waals surface area contributed by atoms with Crippen molar-refractivity contribution in [2.45, 2.75) is 31.1 Å². The fourth-order valence-electron chi connectivity index (χ4n) is 2.01. The number of carboxylic acid groups (broad SMARTS) is 1. The van der Waals surface area contributed by atoms with Crippen LogP contribution in [0, 0.1) is 0 Å². The smallest absolute Gasteiger partial charge is 0.315 e. The Hall–Kier alpha value is -0.900. The Balaban J connectivity index is 2.39. The molecule has 3 nitrogen and oxygen atoms in total. The monoisotopic (exact) mass is 197 g/mol. The number of nitrogens with zero attached hydrogens (tertiary/aromatic N) is 1. The van der Waals surface area contributed by atoms with Gasteiger partial charge in [0.25, 0.3) is 0 Å². The Morgan fingerprint density at radius 2 is 2.23 bits per heavy atom. The number of aliphatic carboxylic acids is 1. The highest BCUT2D eigenvalue weighted by molar-refractivity contribution is 7.07. The molecule has 1 heterocycles. The molecule has 1 fully saturated rings. The highest BCUT2D eigenvalue weighted by atomic mass is 32.1. The molecular weight excluding hydrogens is 186 g/mol. The summed E-state index contributed by atoms with van der Waals surface area (Å²) in [5.74, 6) is -0.712. The van der Waals surface area contributed by atoms with E-state index in [0.29, 0.717) is 0 Å². The third-order valence-corrected chi connectivity index (χ3v) is 3.38. The van der Waals surface area contributed by atoms with Gasteiger partial charge >= 0.3 is 5.97 Å². The molecule has 1 saturated carbocycles. The number of carbonyl (C=O) groups is 1. The van der Waals surface area contributed by atoms with E-state index in [4.69, 9.17) is 0 Å². The number of hydrogen-bond donors (Lipinski definition) is 1. The Labute approximate surface area is 80.4 Å². The fourth-order valence-corrected chi connectivity index (χ4v) is 2.66. The van der Waals surface area contributed by atoms with E-state index in [-0.39, 0.29) is 0 Å². The van der Waals surface area contributed by atoms with E-state index in [9.17, 15) is 9.90 Å². The summed E-state index contributed by atoms with van der Waals surface area (Å²) < 4.78 is 0. The van der Waals surface area contributed by atoms with Gasteiger partial charge in [-0.15, -0.1) is 11.3 Å². The van der Waals surface area contributed by atoms with Crippen LogP contribution in [0.5, 0.6) is 0 Å². The summed E-state index contributed by atoms with van der Waals surface area (Å²) in [5, 5.41) is 11.1. The predicted octanol–water partition coefficient (Wildman–Crippen LogP) is 2.04. The van der Waals surface area contributed by atoms with E-state index in [1.807, 2.05) is 5.38 Å². The lowest BCUT2D eigenvalue weighted by Gasteiger charge is -2.20. The number of hydrogen-bond acceptors (Lipinski definition) is 3. The van der Waals surface area contributed by atoms with Crippen LogP contribution in [0.4, 0.5) is 0 Å². The van der Waals surface area contributed by atoms with Crippen molar-refractivity contribution in [1.82, 2.24) is 4.98 Å². The summed E-state index contributed by atoms with van der Waals surface area (Å²) in [4.78, 5) is 15.3. The van der Waals surface area contributed by atoms with Gasteiger partial charge in [-0.2, -0.15) is 0 Å². The molecule has 0 radical (unpaired) electrons. The number of aromatic nitrogens is 1. The Bertz CT molecular complexity index is 301. The zero-order valence-corrected chi connectivity index (χ0v) is 8.01. The minimum absolute atomic E-state index is 0.667. The second-order valence-corrected chi connectivity index (χ2v) is 4.19. The highest BCUT2D eigenvalue weighted by Crippen LogP contribution is 2.40. The van der Waals surface area contributed by atoms with Gasteiger partial charge in [0.15, 0.2) is 0 Å². The van der Waals surface area contributed by atoms with Gasteiger partial charge in [-0.3, -0.25) is 4.79 Å². The standard InChI is InChI=1S/C9H11NO2S/c11-8(12)9(3-1-2-4-9)7-5-13-6-10-7/h5-6H,1-4H2,(H,11,12). The van der Waals surface area contributed by atoms with E-state index >= 15 is 0 Å². The molecule has 2 rings (SSSR count). The van der Waals surface area contributed by atoms with E-state index < -0.39 is 11.4 Å². The van der Waals surface area contributed by atoms with Crippen molar-refractivity contribution in [2.24, 2.45) is 0 Å². The maximum Gasteiger partial charge on any atom is 0.315 e. The number of thiazole rings is 1. The third-order valence-electron chi connectivity index (χ3n) is 2.79. The van der Waals surface area contributed by atoms with Gasteiger partial charge in [0.05, 0.1) is 11.2 Å². The van der Waals surface area contributed by atoms with E-state index in [0.717, 1.165) is 31.4 Å². The Morgan fingerprint density at radius 3 is 2.69 bits per heavy atom. The highest BCUT2D eigenvalue weighted by Gasteiger charge is 2.44. The maximum atomic E-state index is 11.2. The summed E-state index contributed by atoms with van der Waals surface area (Å²) in [6.45, 7) is 0. The first-order valence-corrected chi connectivity index (χ1v) is 5.32. The van der Waals surface area contributed by atoms with Crippen LogP contribution in [0.15, 0.2) is 10.9 Å². The fraction of sp³-hybridized carbons (Fsp3) is 0.556. The molecular formula is C9H11NO2S. The third kappa shape index (κ3) is 1.25. The minimum atomic E-state index is -0.712. The van der Waals surface area contributed by atoms with E-state index in [1.165, 1.54) is 11.3 Å². The first-order chi connectivity index (χ1) is 6.26. The molecule has 70 valence electrons. The first-order valence-electron chi connectivity index (χ1n) is 4.38. The molecule has 0 atom stereocenters. The van der Waals surface area contributed by atoms with Gasteiger partial charge in [-0.25, -0.2) is 4.98 Å². The van der Waals surface area contributed by atoms with Crippen LogP contribution < -0.4 is 0 Å². The lowest BCUT2D eigenvalue weighted by atomic mass is 9.83. The Morgan fingerprint density at radius 1 is 1.54 bits per heavy atom. The number of rotatable bonds is 2. The molecule has 1 aliphatic carbocycles. The molecule has 0 bridgehead atoms. The molecule has 4 heteroatoms. The van der Waals surface area contributed by atoms with Gasteiger partial charge < -0.3 is 5.11 Å². The van der Waals surface area contributed by atoms with E-state index in [1.54, 1.807) is 5.51 Å². The topological polar surface area (TPSA) is 50.2 Å². The van der Waals surface area contributed by atoms with Crippen LogP contribution in [0.3, 0.4) is 0 Å². The van der Waals surface area contributed by atoms with Gasteiger partial charge in [0.2, 0.25) is 0 Å². The van der Waals surface area contributed by atoms with Crippen molar-refractivity contribution < 1.29 is 9.90 Å². The first kappa shape index (κ1) is 8.69. The van der Waals surface area contributed by atoms with Crippen LogP contribution in [-0.4, -0.2) is 16.1 Å². The lowest BCUT2D eigenvalue weighted by molar-refractivity contribution is -0.143. The zero-order valence-electron chi connectivity index (χ0n) is 7.19. The second-order valence-electron chi connectivity index (χ2n) is 3.47. The zero-order chi connectivity index (χ0) is 9.31. The molecule has 0 spiro atoms. The maximum absolute atomic E-state index is 11.2. The normalized spacial score (nSPS) is 20.3. The molecule has 1 aromatic heterocycles.